The normalized spacial score (nSPS) is 31.3. The maximum atomic E-state index is 14.3. The third-order valence-electron chi connectivity index (χ3n) is 3.36. The Morgan fingerprint density at radius 3 is 2.47 bits per heavy atom. The maximum Gasteiger partial charge on any atom is 0.322 e. The van der Waals surface area contributed by atoms with Crippen LogP contribution in [0.3, 0.4) is 0 Å². The summed E-state index contributed by atoms with van der Waals surface area (Å²) in [5.41, 5.74) is -1.94. The van der Waals surface area contributed by atoms with E-state index in [-0.39, 0.29) is 11.1 Å². The van der Waals surface area contributed by atoms with Crippen molar-refractivity contribution >= 4 is 43.8 Å². The van der Waals surface area contributed by atoms with Gasteiger partial charge in [0, 0.05) is 10.0 Å². The van der Waals surface area contributed by atoms with Gasteiger partial charge < -0.3 is 5.32 Å². The Kier molecular flexibility index (Phi) is 2.57. The smallest absolute Gasteiger partial charge is 0.318 e. The quantitative estimate of drug-likeness (QED) is 0.523. The Morgan fingerprint density at radius 2 is 1.89 bits per heavy atom. The number of hydrogen-bond donors (Lipinski definition) is 2. The van der Waals surface area contributed by atoms with Crippen LogP contribution in [0.1, 0.15) is 11.1 Å². The predicted octanol–water partition coefficient (Wildman–Crippen LogP) is 2.35. The zero-order valence-electron chi connectivity index (χ0n) is 9.14. The molecule has 1 aliphatic carbocycles. The van der Waals surface area contributed by atoms with E-state index in [0.717, 1.165) is 0 Å². The maximum absolute atomic E-state index is 14.3. The Hall–Kier alpha value is -1.02. The van der Waals surface area contributed by atoms with Gasteiger partial charge in [-0.25, -0.2) is 4.79 Å². The van der Waals surface area contributed by atoms with Gasteiger partial charge in [0.15, 0.2) is 5.54 Å². The van der Waals surface area contributed by atoms with Gasteiger partial charge in [-0.3, -0.25) is 10.1 Å². The fraction of sp³-hybridized carbons (Fsp3) is 0.273. The van der Waals surface area contributed by atoms with Crippen LogP contribution in [0.5, 0.6) is 0 Å². The van der Waals surface area contributed by atoms with E-state index >= 15 is 0 Å². The van der Waals surface area contributed by atoms with Crippen LogP contribution in [0, 0.1) is 0 Å². The van der Waals surface area contributed by atoms with Crippen LogP contribution in [0.25, 0.3) is 0 Å². The highest BCUT2D eigenvalue weighted by atomic mass is 79.9. The fourth-order valence-corrected chi connectivity index (χ4v) is 3.69. The van der Waals surface area contributed by atoms with Crippen molar-refractivity contribution in [3.63, 3.8) is 0 Å². The molecule has 0 bridgehead atoms. The van der Waals surface area contributed by atoms with Gasteiger partial charge in [0.25, 0.3) is 11.8 Å². The molecule has 1 aromatic rings. The topological polar surface area (TPSA) is 58.2 Å². The number of rotatable bonds is 0. The molecule has 0 saturated carbocycles. The van der Waals surface area contributed by atoms with Crippen molar-refractivity contribution in [2.75, 3.05) is 0 Å². The Labute approximate surface area is 123 Å². The highest BCUT2D eigenvalue weighted by Gasteiger charge is 2.68. The summed E-state index contributed by atoms with van der Waals surface area (Å²) in [7, 11) is 0. The van der Waals surface area contributed by atoms with Crippen LogP contribution < -0.4 is 10.6 Å². The monoisotopic (exact) mass is 394 g/mol. The number of benzene rings is 1. The molecule has 4 nitrogen and oxygen atoms in total. The van der Waals surface area contributed by atoms with Crippen LogP contribution in [0.2, 0.25) is 0 Å². The number of nitrogens with one attached hydrogen (secondary N) is 2. The van der Waals surface area contributed by atoms with E-state index in [1.54, 1.807) is 6.07 Å². The summed E-state index contributed by atoms with van der Waals surface area (Å²) in [4.78, 5) is 21.8. The number of amides is 3. The Bertz CT molecular complexity index is 623. The predicted molar refractivity (Wildman–Crippen MR) is 69.1 cm³/mol. The molecule has 1 saturated heterocycles. The Balaban J connectivity index is 2.31. The molecular weight excluding hydrogens is 390 g/mol. The van der Waals surface area contributed by atoms with Crippen molar-refractivity contribution in [3.8, 4) is 0 Å². The number of hydrogen-bond acceptors (Lipinski definition) is 2. The molecule has 2 atom stereocenters. The van der Waals surface area contributed by atoms with Crippen LogP contribution >= 0.6 is 31.9 Å². The van der Waals surface area contributed by atoms with Gasteiger partial charge in [-0.15, -0.1) is 0 Å². The number of halogens is 4. The SMILES string of the molecule is O=C1NC(=O)[C@@]2(N1)c1ccc(Br)cc1C(F)(F)C2Br. The fourth-order valence-electron chi connectivity index (χ4n) is 2.52. The largest absolute Gasteiger partial charge is 0.322 e. The first-order valence-electron chi connectivity index (χ1n) is 5.26. The zero-order valence-corrected chi connectivity index (χ0v) is 12.3. The summed E-state index contributed by atoms with van der Waals surface area (Å²) in [6, 6.07) is 3.45. The van der Waals surface area contributed by atoms with E-state index in [2.05, 4.69) is 37.2 Å². The second-order valence-electron chi connectivity index (χ2n) is 4.39. The van der Waals surface area contributed by atoms with Gasteiger partial charge in [0.05, 0.1) is 0 Å². The first kappa shape index (κ1) is 13.0. The highest BCUT2D eigenvalue weighted by molar-refractivity contribution is 9.10. The van der Waals surface area contributed by atoms with Gasteiger partial charge in [-0.1, -0.05) is 37.9 Å². The number of fused-ring (bicyclic) bond motifs is 2. The molecule has 0 aromatic heterocycles. The minimum atomic E-state index is -3.27. The molecule has 100 valence electrons. The average Bonchev–Trinajstić information content (AvgIpc) is 2.70. The lowest BCUT2D eigenvalue weighted by molar-refractivity contribution is -0.126. The van der Waals surface area contributed by atoms with Gasteiger partial charge in [-0.05, 0) is 17.7 Å². The minimum absolute atomic E-state index is 0.103. The number of imide groups is 1. The van der Waals surface area contributed by atoms with E-state index in [9.17, 15) is 18.4 Å². The number of carbonyl (C=O) groups is 2. The number of alkyl halides is 3. The number of carbonyl (C=O) groups excluding carboxylic acids is 2. The van der Waals surface area contributed by atoms with Crippen molar-refractivity contribution in [1.29, 1.82) is 0 Å². The third kappa shape index (κ3) is 1.47. The molecular formula is C11H6Br2F2N2O2. The van der Waals surface area contributed by atoms with Crippen LogP contribution in [0.15, 0.2) is 22.7 Å². The van der Waals surface area contributed by atoms with E-state index in [1.165, 1.54) is 12.1 Å². The van der Waals surface area contributed by atoms with Crippen molar-refractivity contribution < 1.29 is 18.4 Å². The third-order valence-corrected chi connectivity index (χ3v) is 5.11. The summed E-state index contributed by atoms with van der Waals surface area (Å²) in [6.07, 6.45) is 0. The van der Waals surface area contributed by atoms with Gasteiger partial charge >= 0.3 is 6.03 Å². The van der Waals surface area contributed by atoms with E-state index in [4.69, 9.17) is 0 Å². The molecule has 3 amide bonds. The summed E-state index contributed by atoms with van der Waals surface area (Å²) >= 11 is 6.00. The molecule has 1 heterocycles. The first-order chi connectivity index (χ1) is 8.80. The van der Waals surface area contributed by atoms with Crippen molar-refractivity contribution in [3.05, 3.63) is 33.8 Å². The summed E-state index contributed by atoms with van der Waals surface area (Å²) in [5.74, 6) is -4.05. The van der Waals surface area contributed by atoms with Gasteiger partial charge in [-0.2, -0.15) is 8.78 Å². The van der Waals surface area contributed by atoms with Crippen molar-refractivity contribution in [2.45, 2.75) is 16.3 Å². The standard InChI is InChI=1S/C11H6Br2F2N2O2/c12-4-1-2-5-6(3-4)11(14,15)7(13)10(5)8(18)16-9(19)17-10/h1-3,7H,(H2,16,17,18,19)/t7?,10-/m1/s1. The summed E-state index contributed by atoms with van der Waals surface area (Å²) in [5, 5.41) is 4.33. The van der Waals surface area contributed by atoms with Crippen molar-refractivity contribution in [2.24, 2.45) is 0 Å². The molecule has 1 unspecified atom stereocenters. The van der Waals surface area contributed by atoms with Gasteiger partial charge in [0.1, 0.15) is 4.83 Å². The molecule has 2 aliphatic rings. The molecule has 2 N–H and O–H groups in total. The van der Waals surface area contributed by atoms with Crippen LogP contribution in [0.4, 0.5) is 13.6 Å². The molecule has 0 radical (unpaired) electrons. The van der Waals surface area contributed by atoms with Crippen molar-refractivity contribution in [1.82, 2.24) is 10.6 Å². The average molecular weight is 396 g/mol. The lowest BCUT2D eigenvalue weighted by Crippen LogP contribution is -2.51. The molecule has 1 aromatic carbocycles. The zero-order chi connectivity index (χ0) is 14.0. The lowest BCUT2D eigenvalue weighted by atomic mass is 9.92. The minimum Gasteiger partial charge on any atom is -0.318 e. The van der Waals surface area contributed by atoms with Gasteiger partial charge in [0.2, 0.25) is 0 Å². The second kappa shape index (κ2) is 3.76. The van der Waals surface area contributed by atoms with Crippen LogP contribution in [-0.4, -0.2) is 16.8 Å². The molecule has 8 heteroatoms. The van der Waals surface area contributed by atoms with E-state index < -0.39 is 28.2 Å². The molecule has 19 heavy (non-hydrogen) atoms. The molecule has 1 fully saturated rings. The second-order valence-corrected chi connectivity index (χ2v) is 6.22. The van der Waals surface area contributed by atoms with E-state index in [0.29, 0.717) is 4.47 Å². The number of urea groups is 1. The molecule has 1 spiro atoms. The Morgan fingerprint density at radius 1 is 1.21 bits per heavy atom. The highest BCUT2D eigenvalue weighted by Crippen LogP contribution is 2.55. The van der Waals surface area contributed by atoms with E-state index in [1.807, 2.05) is 5.32 Å². The lowest BCUT2D eigenvalue weighted by Gasteiger charge is -2.26. The first-order valence-corrected chi connectivity index (χ1v) is 6.97. The summed E-state index contributed by atoms with van der Waals surface area (Å²) in [6.45, 7) is 0. The molecule has 3 rings (SSSR count). The molecule has 1 aliphatic heterocycles. The van der Waals surface area contributed by atoms with Crippen LogP contribution in [-0.2, 0) is 16.3 Å². The summed E-state index contributed by atoms with van der Waals surface area (Å²) < 4.78 is 29.1.